The normalized spacial score (nSPS) is 15.4. The van der Waals surface area contributed by atoms with E-state index in [-0.39, 0.29) is 18.4 Å². The maximum Gasteiger partial charge on any atom is 0.227 e. The van der Waals surface area contributed by atoms with Crippen LogP contribution in [0.2, 0.25) is 0 Å². The molecular formula is C16H22F2N2O. The number of halogens is 2. The van der Waals surface area contributed by atoms with Crippen molar-refractivity contribution in [2.24, 2.45) is 5.73 Å². The Morgan fingerprint density at radius 3 is 2.57 bits per heavy atom. The molecule has 2 N–H and O–H groups in total. The molecule has 0 spiro atoms. The first-order chi connectivity index (χ1) is 10.1. The first-order valence-electron chi connectivity index (χ1n) is 7.55. The minimum absolute atomic E-state index is 0.0265. The van der Waals surface area contributed by atoms with Crippen LogP contribution in [0.1, 0.15) is 37.7 Å². The van der Waals surface area contributed by atoms with E-state index in [9.17, 15) is 13.6 Å². The fourth-order valence-electron chi connectivity index (χ4n) is 2.91. The lowest BCUT2D eigenvalue weighted by Crippen LogP contribution is -2.41. The van der Waals surface area contributed by atoms with Gasteiger partial charge >= 0.3 is 0 Å². The number of hydrogen-bond donors (Lipinski definition) is 1. The van der Waals surface area contributed by atoms with Gasteiger partial charge in [-0.3, -0.25) is 4.79 Å². The summed E-state index contributed by atoms with van der Waals surface area (Å²) in [6.07, 6.45) is 5.20. The van der Waals surface area contributed by atoms with Gasteiger partial charge in [-0.25, -0.2) is 8.78 Å². The van der Waals surface area contributed by atoms with Crippen molar-refractivity contribution < 1.29 is 13.6 Å². The molecule has 1 saturated carbocycles. The predicted octanol–water partition coefficient (Wildman–Crippen LogP) is 2.63. The highest BCUT2D eigenvalue weighted by Crippen LogP contribution is 2.24. The second-order valence-electron chi connectivity index (χ2n) is 5.59. The number of benzene rings is 1. The van der Waals surface area contributed by atoms with Gasteiger partial charge in [0.15, 0.2) is 11.6 Å². The Bertz CT molecular complexity index is 487. The zero-order valence-corrected chi connectivity index (χ0v) is 12.2. The third-order valence-corrected chi connectivity index (χ3v) is 4.03. The van der Waals surface area contributed by atoms with Gasteiger partial charge in [0.2, 0.25) is 5.91 Å². The maximum absolute atomic E-state index is 13.2. The van der Waals surface area contributed by atoms with Gasteiger partial charge in [-0.15, -0.1) is 0 Å². The number of carbonyl (C=O) groups excluding carboxylic acids is 1. The van der Waals surface area contributed by atoms with Crippen molar-refractivity contribution in [3.63, 3.8) is 0 Å². The Kier molecular flexibility index (Phi) is 5.67. The van der Waals surface area contributed by atoms with Gasteiger partial charge in [-0.2, -0.15) is 0 Å². The molecule has 0 heterocycles. The second-order valence-corrected chi connectivity index (χ2v) is 5.59. The summed E-state index contributed by atoms with van der Waals surface area (Å²) >= 11 is 0. The van der Waals surface area contributed by atoms with E-state index in [4.69, 9.17) is 5.73 Å². The summed E-state index contributed by atoms with van der Waals surface area (Å²) in [5, 5.41) is 0. The van der Waals surface area contributed by atoms with Gasteiger partial charge in [0, 0.05) is 12.6 Å². The molecule has 1 aliphatic rings. The molecule has 21 heavy (non-hydrogen) atoms. The highest BCUT2D eigenvalue weighted by Gasteiger charge is 2.26. The number of amides is 1. The number of hydrogen-bond acceptors (Lipinski definition) is 2. The van der Waals surface area contributed by atoms with E-state index in [1.807, 2.05) is 4.90 Å². The zero-order valence-electron chi connectivity index (χ0n) is 12.2. The van der Waals surface area contributed by atoms with Crippen LogP contribution in [0.25, 0.3) is 0 Å². The van der Waals surface area contributed by atoms with E-state index >= 15 is 0 Å². The standard InChI is InChI=1S/C16H22F2N2O/c17-14-7-6-12(10-15(14)18)11-16(21)20(9-3-8-19)13-4-1-2-5-13/h6-7,10,13H,1-5,8-9,11,19H2. The Morgan fingerprint density at radius 2 is 1.95 bits per heavy atom. The van der Waals surface area contributed by atoms with Crippen LogP contribution in [0.4, 0.5) is 8.78 Å². The first-order valence-corrected chi connectivity index (χ1v) is 7.55. The van der Waals surface area contributed by atoms with Gasteiger partial charge < -0.3 is 10.6 Å². The SMILES string of the molecule is NCCCN(C(=O)Cc1ccc(F)c(F)c1)C1CCCC1. The maximum atomic E-state index is 13.2. The summed E-state index contributed by atoms with van der Waals surface area (Å²) in [6.45, 7) is 1.19. The Morgan fingerprint density at radius 1 is 1.24 bits per heavy atom. The number of nitrogens with zero attached hydrogens (tertiary/aromatic N) is 1. The fourth-order valence-corrected chi connectivity index (χ4v) is 2.91. The van der Waals surface area contributed by atoms with Crippen LogP contribution < -0.4 is 5.73 Å². The Balaban J connectivity index is 2.04. The minimum Gasteiger partial charge on any atom is -0.339 e. The molecule has 5 heteroatoms. The third-order valence-electron chi connectivity index (χ3n) is 4.03. The van der Waals surface area contributed by atoms with Crippen molar-refractivity contribution in [1.29, 1.82) is 0 Å². The lowest BCUT2D eigenvalue weighted by atomic mass is 10.1. The monoisotopic (exact) mass is 296 g/mol. The van der Waals surface area contributed by atoms with Crippen molar-refractivity contribution >= 4 is 5.91 Å². The largest absolute Gasteiger partial charge is 0.339 e. The summed E-state index contributed by atoms with van der Waals surface area (Å²) in [4.78, 5) is 14.3. The minimum atomic E-state index is -0.908. The predicted molar refractivity (Wildman–Crippen MR) is 77.7 cm³/mol. The van der Waals surface area contributed by atoms with Crippen LogP contribution in [-0.2, 0) is 11.2 Å². The van der Waals surface area contributed by atoms with Gasteiger partial charge in [-0.1, -0.05) is 18.9 Å². The van der Waals surface area contributed by atoms with Crippen molar-refractivity contribution in [1.82, 2.24) is 4.90 Å². The van der Waals surface area contributed by atoms with Crippen LogP contribution >= 0.6 is 0 Å². The molecule has 0 saturated heterocycles. The Labute approximate surface area is 124 Å². The van der Waals surface area contributed by atoms with E-state index in [2.05, 4.69) is 0 Å². The van der Waals surface area contributed by atoms with Gasteiger partial charge in [0.05, 0.1) is 6.42 Å². The average molecular weight is 296 g/mol. The molecule has 0 aliphatic heterocycles. The molecular weight excluding hydrogens is 274 g/mol. The van der Waals surface area contributed by atoms with Crippen molar-refractivity contribution in [3.05, 3.63) is 35.4 Å². The molecule has 0 unspecified atom stereocenters. The van der Waals surface area contributed by atoms with E-state index < -0.39 is 11.6 Å². The topological polar surface area (TPSA) is 46.3 Å². The van der Waals surface area contributed by atoms with Crippen molar-refractivity contribution in [2.75, 3.05) is 13.1 Å². The molecule has 116 valence electrons. The van der Waals surface area contributed by atoms with Crippen LogP contribution in [0.3, 0.4) is 0 Å². The quantitative estimate of drug-likeness (QED) is 0.877. The van der Waals surface area contributed by atoms with E-state index in [0.717, 1.165) is 44.2 Å². The van der Waals surface area contributed by atoms with Crippen molar-refractivity contribution in [2.45, 2.75) is 44.6 Å². The highest BCUT2D eigenvalue weighted by molar-refractivity contribution is 5.79. The molecule has 2 rings (SSSR count). The lowest BCUT2D eigenvalue weighted by molar-refractivity contribution is -0.132. The van der Waals surface area contributed by atoms with Crippen molar-refractivity contribution in [3.8, 4) is 0 Å². The summed E-state index contributed by atoms with van der Waals surface area (Å²) in [6, 6.07) is 3.90. The highest BCUT2D eigenvalue weighted by atomic mass is 19.2. The van der Waals surface area contributed by atoms with Crippen LogP contribution in [0, 0.1) is 11.6 Å². The summed E-state index contributed by atoms with van der Waals surface area (Å²) in [7, 11) is 0. The summed E-state index contributed by atoms with van der Waals surface area (Å²) < 4.78 is 26.1. The lowest BCUT2D eigenvalue weighted by Gasteiger charge is -2.29. The molecule has 1 aliphatic carbocycles. The molecule has 1 aromatic carbocycles. The van der Waals surface area contributed by atoms with E-state index in [1.165, 1.54) is 6.07 Å². The van der Waals surface area contributed by atoms with E-state index in [1.54, 1.807) is 0 Å². The Hall–Kier alpha value is -1.49. The molecule has 1 fully saturated rings. The number of carbonyl (C=O) groups is 1. The molecule has 0 aromatic heterocycles. The van der Waals surface area contributed by atoms with Gasteiger partial charge in [0.25, 0.3) is 0 Å². The third kappa shape index (κ3) is 4.24. The van der Waals surface area contributed by atoms with Crippen LogP contribution in [-0.4, -0.2) is 29.9 Å². The van der Waals surface area contributed by atoms with Gasteiger partial charge in [-0.05, 0) is 43.5 Å². The smallest absolute Gasteiger partial charge is 0.227 e. The molecule has 0 bridgehead atoms. The first kappa shape index (κ1) is 15.9. The zero-order chi connectivity index (χ0) is 15.2. The molecule has 3 nitrogen and oxygen atoms in total. The fraction of sp³-hybridized carbons (Fsp3) is 0.562. The number of rotatable bonds is 6. The van der Waals surface area contributed by atoms with Gasteiger partial charge in [0.1, 0.15) is 0 Å². The molecule has 0 atom stereocenters. The second kappa shape index (κ2) is 7.50. The molecule has 1 aromatic rings. The van der Waals surface area contributed by atoms with Crippen LogP contribution in [0.15, 0.2) is 18.2 Å². The average Bonchev–Trinajstić information content (AvgIpc) is 2.97. The number of nitrogens with two attached hydrogens (primary N) is 1. The molecule has 0 radical (unpaired) electrons. The summed E-state index contributed by atoms with van der Waals surface area (Å²) in [5.41, 5.74) is 6.04. The molecule has 1 amide bonds. The van der Waals surface area contributed by atoms with Crippen LogP contribution in [0.5, 0.6) is 0 Å². The van der Waals surface area contributed by atoms with E-state index in [0.29, 0.717) is 18.7 Å². The summed E-state index contributed by atoms with van der Waals surface area (Å²) in [5.74, 6) is -1.82.